The monoisotopic (exact) mass is 600 g/mol. The van der Waals surface area contributed by atoms with Crippen molar-refractivity contribution in [1.82, 2.24) is 4.90 Å². The number of fused-ring (bicyclic) bond motifs is 2. The molecule has 0 aromatic heterocycles. The first-order valence-corrected chi connectivity index (χ1v) is 15.5. The van der Waals surface area contributed by atoms with Crippen LogP contribution in [0.1, 0.15) is 56.3 Å². The van der Waals surface area contributed by atoms with Crippen molar-refractivity contribution >= 4 is 17.6 Å². The molecule has 11 heteroatoms. The van der Waals surface area contributed by atoms with Gasteiger partial charge in [0, 0.05) is 64.4 Å². The van der Waals surface area contributed by atoms with Crippen LogP contribution in [0.15, 0.2) is 24.3 Å². The number of benzene rings is 1. The minimum Gasteiger partial charge on any atom is -0.454 e. The van der Waals surface area contributed by atoms with Crippen molar-refractivity contribution in [2.24, 2.45) is 23.2 Å². The van der Waals surface area contributed by atoms with Crippen molar-refractivity contribution in [3.63, 3.8) is 0 Å². The Hall–Kier alpha value is -2.12. The average Bonchev–Trinajstić information content (AvgIpc) is 3.36. The van der Waals surface area contributed by atoms with E-state index in [2.05, 4.69) is 10.2 Å². The predicted octanol–water partition coefficient (Wildman–Crippen LogP) is 1.34. The molecule has 0 radical (unpaired) electrons. The lowest BCUT2D eigenvalue weighted by atomic mass is 9.43. The molecule has 236 valence electrons. The molecule has 7 bridgehead atoms. The normalized spacial score (nSPS) is 49.1. The first-order chi connectivity index (χ1) is 20.4. The van der Waals surface area contributed by atoms with Gasteiger partial charge < -0.3 is 39.6 Å². The first-order valence-electron chi connectivity index (χ1n) is 15.5. The van der Waals surface area contributed by atoms with Crippen LogP contribution in [0.3, 0.4) is 0 Å². The molecule has 1 spiro atoms. The molecule has 6 fully saturated rings. The summed E-state index contributed by atoms with van der Waals surface area (Å²) >= 11 is 0. The molecule has 43 heavy (non-hydrogen) atoms. The number of rotatable bonds is 7. The van der Waals surface area contributed by atoms with Crippen LogP contribution in [0.25, 0.3) is 0 Å². The van der Waals surface area contributed by atoms with Crippen LogP contribution < -0.4 is 5.32 Å². The van der Waals surface area contributed by atoms with E-state index >= 15 is 0 Å². The Bertz CT molecular complexity index is 1340. The van der Waals surface area contributed by atoms with Crippen LogP contribution >= 0.6 is 0 Å². The SMILES string of the molecule is CCN1C[C@]2(OC(=O)c3ccccc3NC(C)=O)CCC(OC)C34C1C(O)(C[C@@H]32)[C@@]1(O)C[C@H](OC)[C@@H]2C[C@H]4[C@]1(O)[C@H]2OC. The summed E-state index contributed by atoms with van der Waals surface area (Å²) in [6, 6.07) is 6.23. The third kappa shape index (κ3) is 3.24. The molecule has 7 rings (SSSR count). The molecule has 11 nitrogen and oxygen atoms in total. The van der Waals surface area contributed by atoms with Gasteiger partial charge in [0.25, 0.3) is 0 Å². The number of nitrogens with one attached hydrogen (secondary N) is 1. The Labute approximate surface area is 251 Å². The lowest BCUT2D eigenvalue weighted by molar-refractivity contribution is -0.369. The Morgan fingerprint density at radius 1 is 1.05 bits per heavy atom. The summed E-state index contributed by atoms with van der Waals surface area (Å²) in [7, 11) is 4.82. The molecule has 1 saturated heterocycles. The lowest BCUT2D eigenvalue weighted by Crippen LogP contribution is -2.87. The molecular weight excluding hydrogens is 556 g/mol. The number of likely N-dealkylation sites (tertiary alicyclic amines) is 1. The zero-order valence-corrected chi connectivity index (χ0v) is 25.5. The van der Waals surface area contributed by atoms with E-state index in [1.807, 2.05) is 6.92 Å². The van der Waals surface area contributed by atoms with Gasteiger partial charge in [-0.15, -0.1) is 0 Å². The molecule has 1 aliphatic heterocycles. The standard InChI is InChI=1S/C32H44N2O9/c1-6-34-16-28(43-26(36)18-9-7-8-10-20(18)33-17(2)35)12-11-24(41-4)31-22-13-19-21(40-3)14-30(38,32(22,39)25(19)42-5)29(37,27(31)34)15-23(28)31/h7-10,19,21-25,27,37-39H,6,11-16H2,1-5H3,(H,33,35)/t19-,21-,22+,23+,24?,25-,27?,28+,29?,30-,31?,32-/m0/s1. The van der Waals surface area contributed by atoms with Crippen LogP contribution in [-0.4, -0.2) is 113 Å². The van der Waals surface area contributed by atoms with E-state index in [0.717, 1.165) is 0 Å². The number of piperidine rings is 1. The second-order valence-corrected chi connectivity index (χ2v) is 13.9. The number of anilines is 1. The highest BCUT2D eigenvalue weighted by Gasteiger charge is 2.93. The summed E-state index contributed by atoms with van der Waals surface area (Å²) in [4.78, 5) is 28.1. The molecule has 1 aromatic rings. The van der Waals surface area contributed by atoms with E-state index in [0.29, 0.717) is 38.0 Å². The maximum Gasteiger partial charge on any atom is 0.340 e. The highest BCUT2D eigenvalue weighted by atomic mass is 16.6. The number of likely N-dealkylation sites (N-methyl/N-ethyl adjacent to an activating group) is 1. The van der Waals surface area contributed by atoms with Gasteiger partial charge in [-0.05, 0) is 44.4 Å². The molecule has 4 unspecified atom stereocenters. The molecule has 1 amide bonds. The fraction of sp³-hybridized carbons (Fsp3) is 0.750. The maximum absolute atomic E-state index is 14.0. The fourth-order valence-corrected chi connectivity index (χ4v) is 11.6. The topological polar surface area (TPSA) is 147 Å². The van der Waals surface area contributed by atoms with Gasteiger partial charge in [-0.3, -0.25) is 9.69 Å². The van der Waals surface area contributed by atoms with E-state index in [9.17, 15) is 24.9 Å². The number of nitrogens with zero attached hydrogens (tertiary/aromatic N) is 1. The first kappa shape index (κ1) is 29.6. The summed E-state index contributed by atoms with van der Waals surface area (Å²) in [6.07, 6.45) is 0.245. The lowest BCUT2D eigenvalue weighted by Gasteiger charge is -2.71. The quantitative estimate of drug-likeness (QED) is 0.338. The van der Waals surface area contributed by atoms with Crippen molar-refractivity contribution in [3.05, 3.63) is 29.8 Å². The number of aliphatic hydroxyl groups is 3. The van der Waals surface area contributed by atoms with Crippen LogP contribution in [0.4, 0.5) is 5.69 Å². The zero-order valence-electron chi connectivity index (χ0n) is 25.5. The van der Waals surface area contributed by atoms with Crippen molar-refractivity contribution in [2.75, 3.05) is 39.7 Å². The number of methoxy groups -OCH3 is 3. The van der Waals surface area contributed by atoms with Gasteiger partial charge >= 0.3 is 5.97 Å². The minimum absolute atomic E-state index is 0.0723. The second kappa shape index (κ2) is 9.45. The smallest absolute Gasteiger partial charge is 0.340 e. The van der Waals surface area contributed by atoms with E-state index in [-0.39, 0.29) is 36.3 Å². The predicted molar refractivity (Wildman–Crippen MR) is 153 cm³/mol. The van der Waals surface area contributed by atoms with Crippen molar-refractivity contribution in [2.45, 2.75) is 92.7 Å². The minimum atomic E-state index is -1.93. The van der Waals surface area contributed by atoms with Crippen LogP contribution in [-0.2, 0) is 23.7 Å². The summed E-state index contributed by atoms with van der Waals surface area (Å²) in [5, 5.41) is 41.5. The number of para-hydroxylation sites is 1. The highest BCUT2D eigenvalue weighted by Crippen LogP contribution is 2.80. The van der Waals surface area contributed by atoms with E-state index in [1.165, 1.54) is 6.92 Å². The third-order valence-corrected chi connectivity index (χ3v) is 12.7. The number of carbonyl (C=O) groups excluding carboxylic acids is 2. The van der Waals surface area contributed by atoms with E-state index < -0.39 is 63.9 Å². The molecule has 4 N–H and O–H groups in total. The molecular formula is C32H44N2O9. The van der Waals surface area contributed by atoms with Crippen LogP contribution in [0.5, 0.6) is 0 Å². The van der Waals surface area contributed by atoms with Crippen LogP contribution in [0.2, 0.25) is 0 Å². The summed E-state index contributed by atoms with van der Waals surface area (Å²) < 4.78 is 24.8. The fourth-order valence-electron chi connectivity index (χ4n) is 11.6. The van der Waals surface area contributed by atoms with Gasteiger partial charge in [0.1, 0.15) is 22.4 Å². The number of amides is 1. The van der Waals surface area contributed by atoms with Crippen molar-refractivity contribution < 1.29 is 43.9 Å². The van der Waals surface area contributed by atoms with Gasteiger partial charge in [-0.25, -0.2) is 4.79 Å². The van der Waals surface area contributed by atoms with Gasteiger partial charge in [0.05, 0.1) is 35.6 Å². The molecule has 5 saturated carbocycles. The van der Waals surface area contributed by atoms with Gasteiger partial charge in [0.15, 0.2) is 0 Å². The number of ether oxygens (including phenoxy) is 4. The summed E-state index contributed by atoms with van der Waals surface area (Å²) in [5.41, 5.74) is -6.72. The second-order valence-electron chi connectivity index (χ2n) is 13.9. The Morgan fingerprint density at radius 3 is 2.44 bits per heavy atom. The molecule has 12 atom stereocenters. The third-order valence-electron chi connectivity index (χ3n) is 12.7. The molecule has 6 aliphatic rings. The Kier molecular flexibility index (Phi) is 6.50. The molecule has 1 heterocycles. The number of esters is 1. The van der Waals surface area contributed by atoms with Crippen LogP contribution in [0, 0.1) is 23.2 Å². The van der Waals surface area contributed by atoms with Gasteiger partial charge in [-0.2, -0.15) is 0 Å². The molecule has 5 aliphatic carbocycles. The van der Waals surface area contributed by atoms with Gasteiger partial charge in [0.2, 0.25) is 5.91 Å². The largest absolute Gasteiger partial charge is 0.454 e. The maximum atomic E-state index is 14.0. The zero-order chi connectivity index (χ0) is 30.7. The van der Waals surface area contributed by atoms with Crippen molar-refractivity contribution in [1.29, 1.82) is 0 Å². The van der Waals surface area contributed by atoms with E-state index in [4.69, 9.17) is 18.9 Å². The van der Waals surface area contributed by atoms with E-state index in [1.54, 1.807) is 45.6 Å². The Balaban J connectivity index is 1.41. The number of hydrogen-bond acceptors (Lipinski definition) is 10. The highest BCUT2D eigenvalue weighted by molar-refractivity contribution is 6.00. The van der Waals surface area contributed by atoms with Gasteiger partial charge in [-0.1, -0.05) is 19.1 Å². The Morgan fingerprint density at radius 2 is 1.79 bits per heavy atom. The average molecular weight is 601 g/mol. The number of hydrogen-bond donors (Lipinski definition) is 4. The molecule has 1 aromatic carbocycles. The van der Waals surface area contributed by atoms with Crippen molar-refractivity contribution in [3.8, 4) is 0 Å². The summed E-state index contributed by atoms with van der Waals surface area (Å²) in [6.45, 7) is 4.30. The number of carbonyl (C=O) groups is 2. The summed E-state index contributed by atoms with van der Waals surface area (Å²) in [5.74, 6) is -1.97.